The Morgan fingerprint density at radius 1 is 1.29 bits per heavy atom. The third kappa shape index (κ3) is 1.08. The van der Waals surface area contributed by atoms with Crippen LogP contribution in [0.25, 0.3) is 17.0 Å². The van der Waals surface area contributed by atoms with E-state index in [1.807, 2.05) is 12.3 Å². The first-order valence-corrected chi connectivity index (χ1v) is 4.73. The molecule has 2 heterocycles. The third-order valence-corrected chi connectivity index (χ3v) is 2.48. The van der Waals surface area contributed by atoms with Gasteiger partial charge in [-0.05, 0) is 23.8 Å². The molecule has 14 heavy (non-hydrogen) atoms. The molecule has 1 aliphatic heterocycles. The average molecular weight is 182 g/mol. The van der Waals surface area contributed by atoms with Crippen LogP contribution in [0.5, 0.6) is 0 Å². The van der Waals surface area contributed by atoms with Crippen LogP contribution in [0, 0.1) is 0 Å². The molecule has 0 bridgehead atoms. The molecule has 0 saturated carbocycles. The van der Waals surface area contributed by atoms with E-state index in [9.17, 15) is 0 Å². The van der Waals surface area contributed by atoms with Gasteiger partial charge in [-0.15, -0.1) is 0 Å². The summed E-state index contributed by atoms with van der Waals surface area (Å²) in [5, 5.41) is 4.52. The smallest absolute Gasteiger partial charge is 0.0722 e. The lowest BCUT2D eigenvalue weighted by molar-refractivity contribution is 1.31. The molecule has 2 aromatic rings. The fraction of sp³-hybridized carbons (Fsp3) is 0.0833. The maximum atomic E-state index is 4.33. The number of aromatic nitrogens is 1. The number of fused-ring (bicyclic) bond motifs is 2. The summed E-state index contributed by atoms with van der Waals surface area (Å²) in [4.78, 5) is 4.33. The first kappa shape index (κ1) is 7.56. The van der Waals surface area contributed by atoms with E-state index in [-0.39, 0.29) is 0 Å². The number of hydrogen-bond acceptors (Lipinski definition) is 2. The van der Waals surface area contributed by atoms with Gasteiger partial charge in [0.25, 0.3) is 0 Å². The summed E-state index contributed by atoms with van der Waals surface area (Å²) in [5.74, 6) is 0. The first-order chi connectivity index (χ1) is 6.93. The molecule has 0 radical (unpaired) electrons. The highest BCUT2D eigenvalue weighted by molar-refractivity contribution is 5.88. The normalized spacial score (nSPS) is 13.7. The molecule has 0 atom stereocenters. The Morgan fingerprint density at radius 2 is 2.29 bits per heavy atom. The summed E-state index contributed by atoms with van der Waals surface area (Å²) in [6.07, 6.45) is 6.11. The van der Waals surface area contributed by atoms with Gasteiger partial charge in [0.15, 0.2) is 0 Å². The highest BCUT2D eigenvalue weighted by atomic mass is 14.9. The standard InChI is InChI=1S/C12H10N2/c1-3-9-7-10-4-2-6-14-12(10)8-11(9)13-5-1/h1-5,7-8,14H,6H2. The van der Waals surface area contributed by atoms with Gasteiger partial charge in [0.05, 0.1) is 5.52 Å². The molecule has 1 aromatic heterocycles. The van der Waals surface area contributed by atoms with E-state index in [0.29, 0.717) is 0 Å². The molecule has 1 aliphatic rings. The van der Waals surface area contributed by atoms with E-state index >= 15 is 0 Å². The molecule has 0 amide bonds. The van der Waals surface area contributed by atoms with Crippen molar-refractivity contribution in [2.24, 2.45) is 0 Å². The number of hydrogen-bond donors (Lipinski definition) is 1. The molecule has 0 fully saturated rings. The van der Waals surface area contributed by atoms with Crippen LogP contribution in [0.2, 0.25) is 0 Å². The van der Waals surface area contributed by atoms with Crippen molar-refractivity contribution in [1.82, 2.24) is 4.98 Å². The minimum atomic E-state index is 0.908. The summed E-state index contributed by atoms with van der Waals surface area (Å²) < 4.78 is 0. The number of anilines is 1. The average Bonchev–Trinajstić information content (AvgIpc) is 2.26. The van der Waals surface area contributed by atoms with E-state index in [0.717, 1.165) is 12.1 Å². The number of nitrogens with zero attached hydrogens (tertiary/aromatic N) is 1. The van der Waals surface area contributed by atoms with Crippen molar-refractivity contribution in [1.29, 1.82) is 0 Å². The molecule has 0 unspecified atom stereocenters. The molecule has 68 valence electrons. The highest BCUT2D eigenvalue weighted by Crippen LogP contribution is 2.25. The topological polar surface area (TPSA) is 24.9 Å². The largest absolute Gasteiger partial charge is 0.381 e. The zero-order chi connectivity index (χ0) is 9.38. The van der Waals surface area contributed by atoms with E-state index < -0.39 is 0 Å². The Labute approximate surface area is 82.3 Å². The summed E-state index contributed by atoms with van der Waals surface area (Å²) in [6, 6.07) is 8.33. The molecular weight excluding hydrogens is 172 g/mol. The van der Waals surface area contributed by atoms with Gasteiger partial charge in [-0.3, -0.25) is 4.98 Å². The second-order valence-electron chi connectivity index (χ2n) is 3.42. The Morgan fingerprint density at radius 3 is 3.29 bits per heavy atom. The minimum absolute atomic E-state index is 0.908. The van der Waals surface area contributed by atoms with E-state index in [1.54, 1.807) is 0 Å². The van der Waals surface area contributed by atoms with Crippen molar-refractivity contribution < 1.29 is 0 Å². The van der Waals surface area contributed by atoms with Gasteiger partial charge in [-0.25, -0.2) is 0 Å². The summed E-state index contributed by atoms with van der Waals surface area (Å²) in [7, 11) is 0. The maximum absolute atomic E-state index is 4.33. The van der Waals surface area contributed by atoms with Gasteiger partial charge in [-0.1, -0.05) is 18.2 Å². The predicted octanol–water partition coefficient (Wildman–Crippen LogP) is 2.67. The Bertz CT molecular complexity index is 515. The van der Waals surface area contributed by atoms with Gasteiger partial charge in [-0.2, -0.15) is 0 Å². The van der Waals surface area contributed by atoms with Crippen molar-refractivity contribution in [3.05, 3.63) is 42.1 Å². The molecular formula is C12H10N2. The van der Waals surface area contributed by atoms with Crippen LogP contribution < -0.4 is 5.32 Å². The van der Waals surface area contributed by atoms with Gasteiger partial charge in [0, 0.05) is 23.8 Å². The highest BCUT2D eigenvalue weighted by Gasteiger charge is 2.04. The maximum Gasteiger partial charge on any atom is 0.0722 e. The van der Waals surface area contributed by atoms with Crippen LogP contribution in [-0.2, 0) is 0 Å². The third-order valence-electron chi connectivity index (χ3n) is 2.48. The Hall–Kier alpha value is -1.83. The lowest BCUT2D eigenvalue weighted by Crippen LogP contribution is -2.04. The molecule has 1 N–H and O–H groups in total. The van der Waals surface area contributed by atoms with Crippen molar-refractivity contribution in [2.45, 2.75) is 0 Å². The molecule has 3 rings (SSSR count). The van der Waals surface area contributed by atoms with Crippen LogP contribution in [-0.4, -0.2) is 11.5 Å². The van der Waals surface area contributed by atoms with Crippen molar-refractivity contribution in [3.8, 4) is 0 Å². The zero-order valence-electron chi connectivity index (χ0n) is 7.70. The molecule has 2 nitrogen and oxygen atoms in total. The lowest BCUT2D eigenvalue weighted by atomic mass is 10.1. The second kappa shape index (κ2) is 2.84. The van der Waals surface area contributed by atoms with Crippen LogP contribution in [0.4, 0.5) is 5.69 Å². The monoisotopic (exact) mass is 182 g/mol. The van der Waals surface area contributed by atoms with Crippen LogP contribution >= 0.6 is 0 Å². The molecule has 0 spiro atoms. The Balaban J connectivity index is 2.34. The summed E-state index contributed by atoms with van der Waals surface area (Å²) >= 11 is 0. The number of pyridine rings is 1. The summed E-state index contributed by atoms with van der Waals surface area (Å²) in [5.41, 5.74) is 3.48. The van der Waals surface area contributed by atoms with Gasteiger partial charge < -0.3 is 5.32 Å². The first-order valence-electron chi connectivity index (χ1n) is 4.73. The van der Waals surface area contributed by atoms with Crippen molar-refractivity contribution in [2.75, 3.05) is 11.9 Å². The zero-order valence-corrected chi connectivity index (χ0v) is 7.70. The predicted molar refractivity (Wildman–Crippen MR) is 59.3 cm³/mol. The number of rotatable bonds is 0. The van der Waals surface area contributed by atoms with E-state index in [1.165, 1.54) is 16.6 Å². The SMILES string of the molecule is C1=Cc2cc3cccnc3cc2NC1. The molecule has 0 aliphatic carbocycles. The van der Waals surface area contributed by atoms with Crippen molar-refractivity contribution in [3.63, 3.8) is 0 Å². The number of nitrogens with one attached hydrogen (secondary N) is 1. The summed E-state index contributed by atoms with van der Waals surface area (Å²) in [6.45, 7) is 0.908. The van der Waals surface area contributed by atoms with E-state index in [2.05, 4.69) is 40.7 Å². The molecule has 1 aromatic carbocycles. The van der Waals surface area contributed by atoms with Gasteiger partial charge >= 0.3 is 0 Å². The van der Waals surface area contributed by atoms with Crippen LogP contribution in [0.3, 0.4) is 0 Å². The van der Waals surface area contributed by atoms with Crippen molar-refractivity contribution >= 4 is 22.7 Å². The molecule has 0 saturated heterocycles. The lowest BCUT2D eigenvalue weighted by Gasteiger charge is -2.13. The number of benzene rings is 1. The van der Waals surface area contributed by atoms with Gasteiger partial charge in [0.1, 0.15) is 0 Å². The van der Waals surface area contributed by atoms with E-state index in [4.69, 9.17) is 0 Å². The fourth-order valence-electron chi connectivity index (χ4n) is 1.78. The quantitative estimate of drug-likeness (QED) is 0.677. The van der Waals surface area contributed by atoms with Gasteiger partial charge in [0.2, 0.25) is 0 Å². The minimum Gasteiger partial charge on any atom is -0.381 e. The Kier molecular flexibility index (Phi) is 1.53. The van der Waals surface area contributed by atoms with Crippen LogP contribution in [0.15, 0.2) is 36.5 Å². The molecule has 2 heteroatoms. The second-order valence-corrected chi connectivity index (χ2v) is 3.42. The van der Waals surface area contributed by atoms with Crippen LogP contribution in [0.1, 0.15) is 5.56 Å². The fourth-order valence-corrected chi connectivity index (χ4v) is 1.78.